The minimum Gasteiger partial charge on any atom is -0.480 e. The van der Waals surface area contributed by atoms with Crippen molar-refractivity contribution in [1.82, 2.24) is 16.0 Å². The largest absolute Gasteiger partial charge is 0.480 e. The molecule has 0 heterocycles. The number of nitrogens with two attached hydrogens (primary N) is 3. The number of carbonyl (C=O) groups excluding carboxylic acids is 5. The van der Waals surface area contributed by atoms with Gasteiger partial charge in [-0.25, -0.2) is 4.79 Å². The van der Waals surface area contributed by atoms with Crippen LogP contribution in [0.3, 0.4) is 0 Å². The third-order valence-electron chi connectivity index (χ3n) is 4.91. The molecule has 33 heavy (non-hydrogen) atoms. The molecule has 0 aromatic heterocycles. The van der Waals surface area contributed by atoms with Crippen molar-refractivity contribution in [3.8, 4) is 0 Å². The van der Waals surface area contributed by atoms with Crippen LogP contribution in [0.15, 0.2) is 0 Å². The highest BCUT2D eigenvalue weighted by molar-refractivity contribution is 5.96. The molecule has 5 amide bonds. The van der Waals surface area contributed by atoms with E-state index in [9.17, 15) is 28.8 Å². The first-order valence-electron chi connectivity index (χ1n) is 10.7. The van der Waals surface area contributed by atoms with Crippen molar-refractivity contribution in [3.63, 3.8) is 0 Å². The number of nitrogens with one attached hydrogen (secondary N) is 3. The monoisotopic (exact) mass is 472 g/mol. The molecule has 13 nitrogen and oxygen atoms in total. The number of aliphatic carboxylic acids is 1. The summed E-state index contributed by atoms with van der Waals surface area (Å²) in [6, 6.07) is -5.14. The molecule has 0 aliphatic carbocycles. The van der Waals surface area contributed by atoms with Crippen molar-refractivity contribution >= 4 is 35.5 Å². The Morgan fingerprint density at radius 2 is 1.27 bits per heavy atom. The lowest BCUT2D eigenvalue weighted by atomic mass is 9.96. The molecule has 5 atom stereocenters. The SMILES string of the molecule is CCC(C)C(NC(=O)C(N)CC(C)C)C(=O)NC(CC(N)=O)C(=O)NC(CC(N)=O)C(=O)O. The zero-order chi connectivity index (χ0) is 25.9. The summed E-state index contributed by atoms with van der Waals surface area (Å²) in [5, 5.41) is 16.1. The molecule has 13 heteroatoms. The first-order chi connectivity index (χ1) is 15.2. The average Bonchev–Trinajstić information content (AvgIpc) is 2.68. The Balaban J connectivity index is 5.59. The lowest BCUT2D eigenvalue weighted by Crippen LogP contribution is -2.59. The second-order valence-corrected chi connectivity index (χ2v) is 8.41. The summed E-state index contributed by atoms with van der Waals surface area (Å²) in [7, 11) is 0. The predicted molar refractivity (Wildman–Crippen MR) is 118 cm³/mol. The van der Waals surface area contributed by atoms with Gasteiger partial charge < -0.3 is 38.3 Å². The Bertz CT molecular complexity index is 742. The summed E-state index contributed by atoms with van der Waals surface area (Å²) in [6.07, 6.45) is -0.458. The molecule has 0 fully saturated rings. The molecule has 0 spiro atoms. The Morgan fingerprint density at radius 3 is 1.70 bits per heavy atom. The van der Waals surface area contributed by atoms with E-state index in [1.54, 1.807) is 13.8 Å². The molecule has 0 aromatic carbocycles. The number of carbonyl (C=O) groups is 6. The van der Waals surface area contributed by atoms with E-state index in [1.807, 2.05) is 13.8 Å². The molecule has 5 unspecified atom stereocenters. The quantitative estimate of drug-likeness (QED) is 0.136. The highest BCUT2D eigenvalue weighted by atomic mass is 16.4. The first-order valence-corrected chi connectivity index (χ1v) is 10.7. The summed E-state index contributed by atoms with van der Waals surface area (Å²) in [6.45, 7) is 7.28. The minimum atomic E-state index is -1.67. The highest BCUT2D eigenvalue weighted by Gasteiger charge is 2.33. The van der Waals surface area contributed by atoms with Crippen LogP contribution in [-0.2, 0) is 28.8 Å². The van der Waals surface area contributed by atoms with E-state index in [-0.39, 0.29) is 11.8 Å². The fourth-order valence-electron chi connectivity index (χ4n) is 2.92. The van der Waals surface area contributed by atoms with Crippen LogP contribution in [0.1, 0.15) is 53.4 Å². The molecule has 0 aliphatic heterocycles. The molecule has 0 saturated heterocycles. The van der Waals surface area contributed by atoms with Crippen molar-refractivity contribution in [1.29, 1.82) is 0 Å². The summed E-state index contributed by atoms with van der Waals surface area (Å²) in [5.74, 6) is -6.05. The lowest BCUT2D eigenvalue weighted by molar-refractivity contribution is -0.144. The number of hydrogen-bond acceptors (Lipinski definition) is 7. The van der Waals surface area contributed by atoms with Gasteiger partial charge in [0, 0.05) is 0 Å². The van der Waals surface area contributed by atoms with Gasteiger partial charge in [0.05, 0.1) is 18.9 Å². The maximum atomic E-state index is 12.9. The number of amides is 5. The smallest absolute Gasteiger partial charge is 0.326 e. The van der Waals surface area contributed by atoms with Crippen LogP contribution in [0.5, 0.6) is 0 Å². The van der Waals surface area contributed by atoms with E-state index in [1.165, 1.54) is 0 Å². The van der Waals surface area contributed by atoms with Crippen LogP contribution in [-0.4, -0.2) is 64.8 Å². The van der Waals surface area contributed by atoms with Gasteiger partial charge in [0.15, 0.2) is 0 Å². The molecule has 0 aromatic rings. The molecule has 0 aliphatic rings. The van der Waals surface area contributed by atoms with Gasteiger partial charge in [-0.3, -0.25) is 24.0 Å². The maximum Gasteiger partial charge on any atom is 0.326 e. The molecule has 0 rings (SSSR count). The summed E-state index contributed by atoms with van der Waals surface area (Å²) < 4.78 is 0. The fourth-order valence-corrected chi connectivity index (χ4v) is 2.92. The van der Waals surface area contributed by atoms with E-state index in [0.29, 0.717) is 12.8 Å². The van der Waals surface area contributed by atoms with Gasteiger partial charge in [0.1, 0.15) is 18.1 Å². The van der Waals surface area contributed by atoms with Crippen LogP contribution in [0.2, 0.25) is 0 Å². The Labute approximate surface area is 192 Å². The van der Waals surface area contributed by atoms with Crippen LogP contribution in [0.25, 0.3) is 0 Å². The topological polar surface area (TPSA) is 237 Å². The number of carboxylic acids is 1. The van der Waals surface area contributed by atoms with Gasteiger partial charge in [-0.05, 0) is 18.3 Å². The summed E-state index contributed by atoms with van der Waals surface area (Å²) in [4.78, 5) is 71.7. The van der Waals surface area contributed by atoms with E-state index >= 15 is 0 Å². The van der Waals surface area contributed by atoms with Crippen molar-refractivity contribution in [2.45, 2.75) is 77.5 Å². The van der Waals surface area contributed by atoms with Crippen molar-refractivity contribution < 1.29 is 33.9 Å². The maximum absolute atomic E-state index is 12.9. The fraction of sp³-hybridized carbons (Fsp3) is 0.700. The standard InChI is InChI=1S/C20H36N6O7/c1-5-10(4)16(26-17(29)11(21)6-9(2)3)19(31)24-12(7-14(22)27)18(30)25-13(20(32)33)8-15(23)28/h9-13,16H,5-8,21H2,1-4H3,(H2,22,27)(H2,23,28)(H,24,31)(H,25,30)(H,26,29)(H,32,33). The number of carboxylic acid groups (broad SMARTS) is 1. The van der Waals surface area contributed by atoms with Crippen LogP contribution in [0.4, 0.5) is 0 Å². The minimum absolute atomic E-state index is 0.146. The van der Waals surface area contributed by atoms with Crippen LogP contribution in [0, 0.1) is 11.8 Å². The van der Waals surface area contributed by atoms with Crippen molar-refractivity contribution in [2.75, 3.05) is 0 Å². The lowest BCUT2D eigenvalue weighted by Gasteiger charge is -2.27. The van der Waals surface area contributed by atoms with Gasteiger partial charge in [0.2, 0.25) is 29.5 Å². The zero-order valence-corrected chi connectivity index (χ0v) is 19.4. The van der Waals surface area contributed by atoms with Crippen LogP contribution < -0.4 is 33.2 Å². The van der Waals surface area contributed by atoms with Crippen molar-refractivity contribution in [2.24, 2.45) is 29.0 Å². The van der Waals surface area contributed by atoms with Gasteiger partial charge >= 0.3 is 5.97 Å². The second-order valence-electron chi connectivity index (χ2n) is 8.41. The number of rotatable bonds is 15. The normalized spacial score (nSPS) is 15.5. The molecular weight excluding hydrogens is 436 g/mol. The van der Waals surface area contributed by atoms with Gasteiger partial charge in [-0.15, -0.1) is 0 Å². The van der Waals surface area contributed by atoms with E-state index < -0.39 is 72.5 Å². The van der Waals surface area contributed by atoms with Gasteiger partial charge in [-0.1, -0.05) is 34.1 Å². The Hall–Kier alpha value is -3.22. The van der Waals surface area contributed by atoms with Gasteiger partial charge in [-0.2, -0.15) is 0 Å². The summed E-state index contributed by atoms with van der Waals surface area (Å²) >= 11 is 0. The molecular formula is C20H36N6O7. The average molecular weight is 473 g/mol. The number of primary amides is 2. The van der Waals surface area contributed by atoms with Crippen molar-refractivity contribution in [3.05, 3.63) is 0 Å². The molecule has 188 valence electrons. The Morgan fingerprint density at radius 1 is 0.788 bits per heavy atom. The summed E-state index contributed by atoms with van der Waals surface area (Å²) in [5.41, 5.74) is 16.0. The third kappa shape index (κ3) is 11.3. The molecule has 10 N–H and O–H groups in total. The number of hydrogen-bond donors (Lipinski definition) is 7. The highest BCUT2D eigenvalue weighted by Crippen LogP contribution is 2.11. The molecule has 0 saturated carbocycles. The molecule has 0 radical (unpaired) electrons. The molecule has 0 bridgehead atoms. The van der Waals surface area contributed by atoms with Gasteiger partial charge in [0.25, 0.3) is 0 Å². The van der Waals surface area contributed by atoms with Crippen LogP contribution >= 0.6 is 0 Å². The first kappa shape index (κ1) is 29.8. The van der Waals surface area contributed by atoms with E-state index in [2.05, 4.69) is 16.0 Å². The van der Waals surface area contributed by atoms with E-state index in [0.717, 1.165) is 0 Å². The second kappa shape index (κ2) is 14.0. The predicted octanol–water partition coefficient (Wildman–Crippen LogP) is -2.30. The zero-order valence-electron chi connectivity index (χ0n) is 19.4. The Kier molecular flexibility index (Phi) is 12.7. The van der Waals surface area contributed by atoms with E-state index in [4.69, 9.17) is 22.3 Å². The third-order valence-corrected chi connectivity index (χ3v) is 4.91.